The number of amides is 2. The maximum Gasteiger partial charge on any atom is 0.249 e. The van der Waals surface area contributed by atoms with Crippen molar-refractivity contribution >= 4 is 11.8 Å². The third-order valence-corrected chi connectivity index (χ3v) is 4.40. The molecule has 2 rings (SSSR count). The molecule has 0 unspecified atom stereocenters. The molecule has 0 saturated carbocycles. The van der Waals surface area contributed by atoms with Crippen molar-refractivity contribution in [2.45, 2.75) is 58.2 Å². The highest BCUT2D eigenvalue weighted by Gasteiger charge is 2.53. The lowest BCUT2D eigenvalue weighted by Gasteiger charge is -2.50. The summed E-state index contributed by atoms with van der Waals surface area (Å²) >= 11 is 0. The van der Waals surface area contributed by atoms with Gasteiger partial charge in [0.15, 0.2) is 0 Å². The van der Waals surface area contributed by atoms with Crippen LogP contribution in [0.4, 0.5) is 0 Å². The predicted octanol–water partition coefficient (Wildman–Crippen LogP) is 1.22. The molecule has 1 N–H and O–H groups in total. The van der Waals surface area contributed by atoms with Gasteiger partial charge in [-0.1, -0.05) is 13.8 Å². The molecule has 0 atom stereocenters. The van der Waals surface area contributed by atoms with Gasteiger partial charge in [0.05, 0.1) is 12.2 Å². The molecule has 2 amide bonds. The van der Waals surface area contributed by atoms with Crippen molar-refractivity contribution < 1.29 is 9.59 Å². The molecule has 1 aromatic heterocycles. The molecule has 0 spiro atoms. The zero-order valence-corrected chi connectivity index (χ0v) is 13.4. The minimum absolute atomic E-state index is 0.0588. The first-order chi connectivity index (χ1) is 9.76. The molecule has 1 aliphatic rings. The van der Waals surface area contributed by atoms with Gasteiger partial charge in [0.2, 0.25) is 11.8 Å². The van der Waals surface area contributed by atoms with Gasteiger partial charge in [-0.25, -0.2) is 0 Å². The Balaban J connectivity index is 2.43. The molecule has 21 heavy (non-hydrogen) atoms. The Morgan fingerprint density at radius 1 is 1.24 bits per heavy atom. The van der Waals surface area contributed by atoms with Gasteiger partial charge in [0.25, 0.3) is 0 Å². The summed E-state index contributed by atoms with van der Waals surface area (Å²) < 4.78 is 1.70. The number of hydrogen-bond donors (Lipinski definition) is 1. The standard InChI is InChI=1S/C15H24N4O2/c1-6-15(7-2)12(20)16-14(3,4)13(21)19(15)10-11-8-9-18(5)17-11/h8-9H,6-7,10H2,1-5H3,(H,16,20). The van der Waals surface area contributed by atoms with Crippen LogP contribution in [0.5, 0.6) is 0 Å². The number of carbonyl (C=O) groups excluding carboxylic acids is 2. The van der Waals surface area contributed by atoms with E-state index in [0.717, 1.165) is 5.69 Å². The van der Waals surface area contributed by atoms with Crippen molar-refractivity contribution in [3.8, 4) is 0 Å². The zero-order chi connectivity index (χ0) is 15.8. The van der Waals surface area contributed by atoms with Crippen LogP contribution in [0.15, 0.2) is 12.3 Å². The maximum absolute atomic E-state index is 12.8. The molecule has 0 aromatic carbocycles. The fourth-order valence-corrected chi connectivity index (χ4v) is 2.99. The van der Waals surface area contributed by atoms with E-state index in [0.29, 0.717) is 19.4 Å². The molecule has 6 heteroatoms. The number of hydrogen-bond acceptors (Lipinski definition) is 3. The van der Waals surface area contributed by atoms with E-state index in [4.69, 9.17) is 0 Å². The van der Waals surface area contributed by atoms with Crippen LogP contribution < -0.4 is 5.32 Å². The van der Waals surface area contributed by atoms with Crippen molar-refractivity contribution in [3.63, 3.8) is 0 Å². The topological polar surface area (TPSA) is 67.2 Å². The van der Waals surface area contributed by atoms with E-state index in [2.05, 4.69) is 10.4 Å². The largest absolute Gasteiger partial charge is 0.340 e. The number of aromatic nitrogens is 2. The summed E-state index contributed by atoms with van der Waals surface area (Å²) in [7, 11) is 1.84. The molecular formula is C15H24N4O2. The number of aryl methyl sites for hydroxylation is 1. The average molecular weight is 292 g/mol. The van der Waals surface area contributed by atoms with Crippen LogP contribution in [-0.2, 0) is 23.2 Å². The van der Waals surface area contributed by atoms with Crippen LogP contribution in [0.3, 0.4) is 0 Å². The molecule has 0 bridgehead atoms. The van der Waals surface area contributed by atoms with Crippen LogP contribution in [0.25, 0.3) is 0 Å². The van der Waals surface area contributed by atoms with E-state index < -0.39 is 11.1 Å². The molecule has 1 fully saturated rings. The maximum atomic E-state index is 12.8. The van der Waals surface area contributed by atoms with Crippen molar-refractivity contribution in [1.82, 2.24) is 20.0 Å². The lowest BCUT2D eigenvalue weighted by Crippen LogP contribution is -2.73. The second-order valence-corrected chi connectivity index (χ2v) is 6.19. The normalized spacial score (nSPS) is 20.5. The summed E-state index contributed by atoms with van der Waals surface area (Å²) in [4.78, 5) is 27.1. The van der Waals surface area contributed by atoms with Gasteiger partial charge < -0.3 is 10.2 Å². The first-order valence-electron chi connectivity index (χ1n) is 7.40. The Hall–Kier alpha value is -1.85. The Kier molecular flexibility index (Phi) is 3.82. The smallest absolute Gasteiger partial charge is 0.249 e. The number of piperazine rings is 1. The average Bonchev–Trinajstić information content (AvgIpc) is 2.82. The Labute approximate surface area is 125 Å². The van der Waals surface area contributed by atoms with Crippen molar-refractivity contribution in [1.29, 1.82) is 0 Å². The van der Waals surface area contributed by atoms with E-state index in [1.54, 1.807) is 23.4 Å². The van der Waals surface area contributed by atoms with Gasteiger partial charge in [-0.3, -0.25) is 14.3 Å². The second-order valence-electron chi connectivity index (χ2n) is 6.19. The number of carbonyl (C=O) groups is 2. The summed E-state index contributed by atoms with van der Waals surface area (Å²) in [5.41, 5.74) is -0.869. The SMILES string of the molecule is CCC1(CC)C(=O)NC(C)(C)C(=O)N1Cc1ccn(C)n1. The Morgan fingerprint density at radius 3 is 2.33 bits per heavy atom. The Bertz CT molecular complexity index is 558. The third kappa shape index (κ3) is 2.43. The predicted molar refractivity (Wildman–Crippen MR) is 79.3 cm³/mol. The van der Waals surface area contributed by atoms with Gasteiger partial charge in [-0.05, 0) is 32.8 Å². The van der Waals surface area contributed by atoms with Gasteiger partial charge in [-0.15, -0.1) is 0 Å². The first-order valence-corrected chi connectivity index (χ1v) is 7.40. The van der Waals surface area contributed by atoms with Crippen LogP contribution in [0.1, 0.15) is 46.2 Å². The van der Waals surface area contributed by atoms with Gasteiger partial charge in [-0.2, -0.15) is 5.10 Å². The fraction of sp³-hybridized carbons (Fsp3) is 0.667. The lowest BCUT2D eigenvalue weighted by molar-refractivity contribution is -0.163. The van der Waals surface area contributed by atoms with Crippen LogP contribution in [-0.4, -0.2) is 37.6 Å². The quantitative estimate of drug-likeness (QED) is 0.907. The molecular weight excluding hydrogens is 268 g/mol. The highest BCUT2D eigenvalue weighted by Crippen LogP contribution is 2.33. The summed E-state index contributed by atoms with van der Waals surface area (Å²) in [5.74, 6) is -0.135. The molecule has 0 radical (unpaired) electrons. The number of nitrogens with zero attached hydrogens (tertiary/aromatic N) is 3. The van der Waals surface area contributed by atoms with E-state index >= 15 is 0 Å². The number of nitrogens with one attached hydrogen (secondary N) is 1. The molecule has 116 valence electrons. The number of rotatable bonds is 4. The van der Waals surface area contributed by atoms with Crippen LogP contribution in [0.2, 0.25) is 0 Å². The molecule has 1 aromatic rings. The zero-order valence-electron chi connectivity index (χ0n) is 13.4. The van der Waals surface area contributed by atoms with Gasteiger partial charge >= 0.3 is 0 Å². The van der Waals surface area contributed by atoms with Gasteiger partial charge in [0.1, 0.15) is 11.1 Å². The fourth-order valence-electron chi connectivity index (χ4n) is 2.99. The molecule has 1 aliphatic heterocycles. The van der Waals surface area contributed by atoms with Gasteiger partial charge in [0, 0.05) is 13.2 Å². The minimum Gasteiger partial charge on any atom is -0.340 e. The Morgan fingerprint density at radius 2 is 1.86 bits per heavy atom. The molecule has 6 nitrogen and oxygen atoms in total. The highest BCUT2D eigenvalue weighted by molar-refractivity contribution is 6.01. The van der Waals surface area contributed by atoms with Crippen molar-refractivity contribution in [2.75, 3.05) is 0 Å². The second kappa shape index (κ2) is 5.16. The molecule has 1 saturated heterocycles. The molecule has 0 aliphatic carbocycles. The first kappa shape index (κ1) is 15.5. The van der Waals surface area contributed by atoms with Crippen molar-refractivity contribution in [2.24, 2.45) is 7.05 Å². The summed E-state index contributed by atoms with van der Waals surface area (Å²) in [6.45, 7) is 7.74. The van der Waals surface area contributed by atoms with E-state index in [1.165, 1.54) is 0 Å². The minimum atomic E-state index is -0.875. The summed E-state index contributed by atoms with van der Waals surface area (Å²) in [6.07, 6.45) is 3.02. The highest BCUT2D eigenvalue weighted by atomic mass is 16.2. The van der Waals surface area contributed by atoms with Crippen LogP contribution >= 0.6 is 0 Å². The third-order valence-electron chi connectivity index (χ3n) is 4.40. The lowest BCUT2D eigenvalue weighted by atomic mass is 9.82. The van der Waals surface area contributed by atoms with E-state index in [1.807, 2.05) is 33.2 Å². The molecule has 2 heterocycles. The van der Waals surface area contributed by atoms with E-state index in [-0.39, 0.29) is 11.8 Å². The van der Waals surface area contributed by atoms with Crippen molar-refractivity contribution in [3.05, 3.63) is 18.0 Å². The summed E-state index contributed by atoms with van der Waals surface area (Å²) in [5, 5.41) is 7.20. The van der Waals surface area contributed by atoms with Crippen LogP contribution in [0, 0.1) is 0 Å². The van der Waals surface area contributed by atoms with E-state index in [9.17, 15) is 9.59 Å². The monoisotopic (exact) mass is 292 g/mol. The summed E-state index contributed by atoms with van der Waals surface area (Å²) in [6, 6.07) is 1.88.